The van der Waals surface area contributed by atoms with Crippen LogP contribution in [0.1, 0.15) is 16.7 Å². The molecule has 2 aromatic carbocycles. The number of anilines is 1. The van der Waals surface area contributed by atoms with Crippen molar-refractivity contribution in [2.75, 3.05) is 5.73 Å². The van der Waals surface area contributed by atoms with Crippen molar-refractivity contribution < 1.29 is 13.2 Å². The zero-order valence-corrected chi connectivity index (χ0v) is 11.9. The minimum Gasteiger partial charge on any atom is -0.399 e. The molecule has 106 valence electrons. The third-order valence-corrected chi connectivity index (χ3v) is 4.11. The number of alkyl halides is 3. The van der Waals surface area contributed by atoms with Crippen LogP contribution in [0, 0.1) is 13.8 Å². The molecular weight excluding hydrogens is 283 g/mol. The van der Waals surface area contributed by atoms with Crippen LogP contribution in [0.15, 0.2) is 46.2 Å². The standard InChI is InChI=1S/C15H14F3NS/c1-9-3-5-13(10(2)7-9)20-14-6-4-11(19)8-12(14)15(16,17)18/h3-8H,19H2,1-2H3. The van der Waals surface area contributed by atoms with Crippen molar-refractivity contribution in [1.82, 2.24) is 0 Å². The third kappa shape index (κ3) is 3.28. The van der Waals surface area contributed by atoms with E-state index in [1.165, 1.54) is 12.1 Å². The lowest BCUT2D eigenvalue weighted by molar-refractivity contribution is -0.139. The van der Waals surface area contributed by atoms with Crippen molar-refractivity contribution in [3.8, 4) is 0 Å². The summed E-state index contributed by atoms with van der Waals surface area (Å²) >= 11 is 1.11. The van der Waals surface area contributed by atoms with Gasteiger partial charge in [0.25, 0.3) is 0 Å². The van der Waals surface area contributed by atoms with Crippen LogP contribution in [0.3, 0.4) is 0 Å². The number of halogens is 3. The average Bonchev–Trinajstić information content (AvgIpc) is 2.33. The lowest BCUT2D eigenvalue weighted by Crippen LogP contribution is -2.07. The molecule has 0 bridgehead atoms. The van der Waals surface area contributed by atoms with E-state index in [0.717, 1.165) is 33.9 Å². The molecule has 2 aromatic rings. The molecule has 1 nitrogen and oxygen atoms in total. The maximum atomic E-state index is 13.0. The van der Waals surface area contributed by atoms with Crippen LogP contribution in [-0.2, 0) is 6.18 Å². The topological polar surface area (TPSA) is 26.0 Å². The molecule has 5 heteroatoms. The van der Waals surface area contributed by atoms with Crippen LogP contribution in [0.5, 0.6) is 0 Å². The van der Waals surface area contributed by atoms with Gasteiger partial charge in [0, 0.05) is 15.5 Å². The minimum atomic E-state index is -4.41. The summed E-state index contributed by atoms with van der Waals surface area (Å²) in [5.41, 5.74) is 6.92. The van der Waals surface area contributed by atoms with E-state index in [4.69, 9.17) is 5.73 Å². The average molecular weight is 297 g/mol. The molecule has 0 saturated heterocycles. The van der Waals surface area contributed by atoms with E-state index in [0.29, 0.717) is 0 Å². The fourth-order valence-electron chi connectivity index (χ4n) is 1.89. The highest BCUT2D eigenvalue weighted by Gasteiger charge is 2.33. The molecule has 0 radical (unpaired) electrons. The van der Waals surface area contributed by atoms with E-state index in [2.05, 4.69) is 0 Å². The molecule has 0 saturated carbocycles. The van der Waals surface area contributed by atoms with Crippen molar-refractivity contribution in [3.63, 3.8) is 0 Å². The molecule has 0 spiro atoms. The molecule has 0 unspecified atom stereocenters. The van der Waals surface area contributed by atoms with E-state index in [-0.39, 0.29) is 10.6 Å². The zero-order chi connectivity index (χ0) is 14.9. The number of aryl methyl sites for hydroxylation is 2. The second kappa shape index (κ2) is 5.40. The maximum Gasteiger partial charge on any atom is 0.417 e. The summed E-state index contributed by atoms with van der Waals surface area (Å²) in [6.45, 7) is 3.84. The number of hydrogen-bond acceptors (Lipinski definition) is 2. The number of benzene rings is 2. The molecule has 2 N–H and O–H groups in total. The van der Waals surface area contributed by atoms with Gasteiger partial charge in [-0.3, -0.25) is 0 Å². The van der Waals surface area contributed by atoms with Crippen LogP contribution >= 0.6 is 11.8 Å². The SMILES string of the molecule is Cc1ccc(Sc2ccc(N)cc2C(F)(F)F)c(C)c1. The van der Waals surface area contributed by atoms with E-state index in [1.54, 1.807) is 0 Å². The Kier molecular flexibility index (Phi) is 3.99. The first-order valence-corrected chi connectivity index (χ1v) is 6.81. The highest BCUT2D eigenvalue weighted by Crippen LogP contribution is 2.41. The van der Waals surface area contributed by atoms with Crippen LogP contribution in [-0.4, -0.2) is 0 Å². The Hall–Kier alpha value is -1.62. The van der Waals surface area contributed by atoms with Gasteiger partial charge >= 0.3 is 6.18 Å². The summed E-state index contributed by atoms with van der Waals surface area (Å²) in [6, 6.07) is 9.56. The molecule has 0 aliphatic carbocycles. The molecule has 0 atom stereocenters. The normalized spacial score (nSPS) is 11.7. The minimum absolute atomic E-state index is 0.113. The quantitative estimate of drug-likeness (QED) is 0.784. The fourth-order valence-corrected chi connectivity index (χ4v) is 2.90. The Bertz CT molecular complexity index is 636. The molecule has 0 aliphatic rings. The van der Waals surface area contributed by atoms with Crippen molar-refractivity contribution in [3.05, 3.63) is 53.1 Å². The van der Waals surface area contributed by atoms with Crippen LogP contribution in [0.4, 0.5) is 18.9 Å². The van der Waals surface area contributed by atoms with Gasteiger partial charge in [-0.2, -0.15) is 13.2 Å². The van der Waals surface area contributed by atoms with Gasteiger partial charge < -0.3 is 5.73 Å². The maximum absolute atomic E-state index is 13.0. The lowest BCUT2D eigenvalue weighted by Gasteiger charge is -2.14. The van der Waals surface area contributed by atoms with Crippen molar-refractivity contribution >= 4 is 17.4 Å². The third-order valence-electron chi connectivity index (χ3n) is 2.86. The van der Waals surface area contributed by atoms with E-state index < -0.39 is 11.7 Å². The molecule has 0 fully saturated rings. The summed E-state index contributed by atoms with van der Waals surface area (Å²) in [5, 5.41) is 0. The molecule has 0 aliphatic heterocycles. The Morgan fingerprint density at radius 3 is 2.20 bits per heavy atom. The van der Waals surface area contributed by atoms with Crippen LogP contribution < -0.4 is 5.73 Å². The Morgan fingerprint density at radius 2 is 1.60 bits per heavy atom. The van der Waals surface area contributed by atoms with Gasteiger partial charge in [-0.15, -0.1) is 0 Å². The number of nitrogen functional groups attached to an aromatic ring is 1. The first-order valence-electron chi connectivity index (χ1n) is 5.99. The van der Waals surface area contributed by atoms with Crippen molar-refractivity contribution in [2.45, 2.75) is 29.8 Å². The number of nitrogens with two attached hydrogens (primary N) is 1. The van der Waals surface area contributed by atoms with Gasteiger partial charge in [0.15, 0.2) is 0 Å². The zero-order valence-electron chi connectivity index (χ0n) is 11.1. The van der Waals surface area contributed by atoms with Gasteiger partial charge in [-0.1, -0.05) is 29.5 Å². The predicted molar refractivity (Wildman–Crippen MR) is 75.9 cm³/mol. The highest BCUT2D eigenvalue weighted by molar-refractivity contribution is 7.99. The van der Waals surface area contributed by atoms with E-state index in [1.807, 2.05) is 32.0 Å². The highest BCUT2D eigenvalue weighted by atomic mass is 32.2. The molecule has 2 rings (SSSR count). The second-order valence-corrected chi connectivity index (χ2v) is 5.71. The molecule has 0 amide bonds. The monoisotopic (exact) mass is 297 g/mol. The van der Waals surface area contributed by atoms with E-state index in [9.17, 15) is 13.2 Å². The Labute approximate surface area is 120 Å². The molecule has 0 aromatic heterocycles. The van der Waals surface area contributed by atoms with Crippen molar-refractivity contribution in [1.29, 1.82) is 0 Å². The smallest absolute Gasteiger partial charge is 0.399 e. The van der Waals surface area contributed by atoms with Gasteiger partial charge in [0.1, 0.15) is 0 Å². The molecule has 20 heavy (non-hydrogen) atoms. The van der Waals surface area contributed by atoms with Crippen LogP contribution in [0.2, 0.25) is 0 Å². The van der Waals surface area contributed by atoms with Gasteiger partial charge in [-0.05, 0) is 43.7 Å². The lowest BCUT2D eigenvalue weighted by atomic mass is 10.2. The second-order valence-electron chi connectivity index (χ2n) is 4.62. The first-order chi connectivity index (χ1) is 9.27. The largest absolute Gasteiger partial charge is 0.417 e. The fraction of sp³-hybridized carbons (Fsp3) is 0.200. The van der Waals surface area contributed by atoms with Crippen LogP contribution in [0.25, 0.3) is 0 Å². The predicted octanol–water partition coefficient (Wildman–Crippen LogP) is 5.06. The summed E-state index contributed by atoms with van der Waals surface area (Å²) in [5.74, 6) is 0. The van der Waals surface area contributed by atoms with Gasteiger partial charge in [-0.25, -0.2) is 0 Å². The first kappa shape index (κ1) is 14.8. The van der Waals surface area contributed by atoms with Gasteiger partial charge in [0.2, 0.25) is 0 Å². The van der Waals surface area contributed by atoms with E-state index >= 15 is 0 Å². The van der Waals surface area contributed by atoms with Gasteiger partial charge in [0.05, 0.1) is 5.56 Å². The molecular formula is C15H14F3NS. The molecule has 0 heterocycles. The Morgan fingerprint density at radius 1 is 0.950 bits per heavy atom. The summed E-state index contributed by atoms with van der Waals surface area (Å²) in [4.78, 5) is 0.976. The number of hydrogen-bond donors (Lipinski definition) is 1. The summed E-state index contributed by atoms with van der Waals surface area (Å²) in [6.07, 6.45) is -4.41. The van der Waals surface area contributed by atoms with Crippen molar-refractivity contribution in [2.24, 2.45) is 0 Å². The summed E-state index contributed by atoms with van der Waals surface area (Å²) in [7, 11) is 0. The number of rotatable bonds is 2. The summed E-state index contributed by atoms with van der Waals surface area (Å²) < 4.78 is 39.1. The Balaban J connectivity index is 2.43.